The standard InChI is InChI=1S/C13H15ClN2O3/c1-9-3-2-4-11(16(18)19)12(9)13(17)15(8-7-14)10-5-6-10/h2-4,10H,5-8H2,1H3. The van der Waals surface area contributed by atoms with Crippen LogP contribution in [0.15, 0.2) is 18.2 Å². The van der Waals surface area contributed by atoms with Crippen LogP contribution in [0.2, 0.25) is 0 Å². The van der Waals surface area contributed by atoms with Crippen molar-refractivity contribution < 1.29 is 9.72 Å². The number of carbonyl (C=O) groups excluding carboxylic acids is 1. The maximum Gasteiger partial charge on any atom is 0.282 e. The van der Waals surface area contributed by atoms with Crippen molar-refractivity contribution in [1.29, 1.82) is 0 Å². The Hall–Kier alpha value is -1.62. The summed E-state index contributed by atoms with van der Waals surface area (Å²) < 4.78 is 0. The van der Waals surface area contributed by atoms with Crippen LogP contribution in [-0.2, 0) is 0 Å². The van der Waals surface area contributed by atoms with Gasteiger partial charge in [0.25, 0.3) is 11.6 Å². The molecule has 102 valence electrons. The van der Waals surface area contributed by atoms with Crippen LogP contribution >= 0.6 is 11.6 Å². The Morgan fingerprint density at radius 1 is 1.53 bits per heavy atom. The van der Waals surface area contributed by atoms with E-state index in [1.54, 1.807) is 24.0 Å². The molecule has 0 N–H and O–H groups in total. The second-order valence-corrected chi connectivity index (χ2v) is 5.02. The molecule has 0 bridgehead atoms. The summed E-state index contributed by atoms with van der Waals surface area (Å²) >= 11 is 5.71. The highest BCUT2D eigenvalue weighted by molar-refractivity contribution is 6.18. The molecular weight excluding hydrogens is 268 g/mol. The van der Waals surface area contributed by atoms with Gasteiger partial charge in [-0.3, -0.25) is 14.9 Å². The van der Waals surface area contributed by atoms with E-state index in [-0.39, 0.29) is 23.2 Å². The first kappa shape index (κ1) is 13.8. The molecule has 1 aromatic carbocycles. The highest BCUT2D eigenvalue weighted by Gasteiger charge is 2.35. The zero-order valence-corrected chi connectivity index (χ0v) is 11.4. The zero-order valence-electron chi connectivity index (χ0n) is 10.6. The van der Waals surface area contributed by atoms with Gasteiger partial charge in [-0.25, -0.2) is 0 Å². The molecule has 0 spiro atoms. The molecule has 0 aliphatic heterocycles. The van der Waals surface area contributed by atoms with Crippen molar-refractivity contribution in [1.82, 2.24) is 4.90 Å². The van der Waals surface area contributed by atoms with Crippen molar-refractivity contribution in [2.75, 3.05) is 12.4 Å². The summed E-state index contributed by atoms with van der Waals surface area (Å²) in [6.07, 6.45) is 1.89. The Morgan fingerprint density at radius 3 is 2.74 bits per heavy atom. The first-order chi connectivity index (χ1) is 9.06. The summed E-state index contributed by atoms with van der Waals surface area (Å²) in [4.78, 5) is 24.7. The van der Waals surface area contributed by atoms with Gasteiger partial charge in [-0.1, -0.05) is 12.1 Å². The van der Waals surface area contributed by atoms with Gasteiger partial charge in [-0.15, -0.1) is 11.6 Å². The Balaban J connectivity index is 2.39. The Labute approximate surface area is 116 Å². The summed E-state index contributed by atoms with van der Waals surface area (Å²) in [6.45, 7) is 2.14. The molecule has 6 heteroatoms. The minimum absolute atomic E-state index is 0.134. The molecule has 19 heavy (non-hydrogen) atoms. The van der Waals surface area contributed by atoms with E-state index in [0.717, 1.165) is 12.8 Å². The topological polar surface area (TPSA) is 63.5 Å². The monoisotopic (exact) mass is 282 g/mol. The highest BCUT2D eigenvalue weighted by Crippen LogP contribution is 2.31. The lowest BCUT2D eigenvalue weighted by Crippen LogP contribution is -2.35. The van der Waals surface area contributed by atoms with Crippen LogP contribution in [0, 0.1) is 17.0 Å². The number of carbonyl (C=O) groups is 1. The Bertz CT molecular complexity index is 515. The van der Waals surface area contributed by atoms with Crippen molar-refractivity contribution in [2.24, 2.45) is 0 Å². The third-order valence-electron chi connectivity index (χ3n) is 3.24. The van der Waals surface area contributed by atoms with Gasteiger partial charge in [0.1, 0.15) is 5.56 Å². The molecule has 1 fully saturated rings. The van der Waals surface area contributed by atoms with Crippen molar-refractivity contribution in [3.05, 3.63) is 39.4 Å². The van der Waals surface area contributed by atoms with Gasteiger partial charge in [-0.2, -0.15) is 0 Å². The van der Waals surface area contributed by atoms with Gasteiger partial charge in [-0.05, 0) is 25.3 Å². The van der Waals surface area contributed by atoms with E-state index in [9.17, 15) is 14.9 Å². The third-order valence-corrected chi connectivity index (χ3v) is 3.40. The lowest BCUT2D eigenvalue weighted by molar-refractivity contribution is -0.385. The van der Waals surface area contributed by atoms with Crippen LogP contribution < -0.4 is 0 Å². The number of hydrogen-bond acceptors (Lipinski definition) is 3. The second-order valence-electron chi connectivity index (χ2n) is 4.64. The third kappa shape index (κ3) is 2.87. The summed E-state index contributed by atoms with van der Waals surface area (Å²) in [7, 11) is 0. The van der Waals surface area contributed by atoms with Crippen LogP contribution in [-0.4, -0.2) is 34.2 Å². The van der Waals surface area contributed by atoms with E-state index < -0.39 is 4.92 Å². The molecule has 5 nitrogen and oxygen atoms in total. The van der Waals surface area contributed by atoms with Crippen LogP contribution in [0.1, 0.15) is 28.8 Å². The number of hydrogen-bond donors (Lipinski definition) is 0. The van der Waals surface area contributed by atoms with E-state index in [4.69, 9.17) is 11.6 Å². The molecule has 0 unspecified atom stereocenters. The average Bonchev–Trinajstić information content (AvgIpc) is 3.19. The largest absolute Gasteiger partial charge is 0.334 e. The quantitative estimate of drug-likeness (QED) is 0.474. The Kier molecular flexibility index (Phi) is 4.04. The summed E-state index contributed by atoms with van der Waals surface area (Å²) in [5, 5.41) is 11.1. The minimum Gasteiger partial charge on any atom is -0.334 e. The van der Waals surface area contributed by atoms with E-state index in [1.165, 1.54) is 6.07 Å². The van der Waals surface area contributed by atoms with Gasteiger partial charge < -0.3 is 4.90 Å². The zero-order chi connectivity index (χ0) is 14.0. The van der Waals surface area contributed by atoms with Crippen molar-refractivity contribution >= 4 is 23.2 Å². The summed E-state index contributed by atoms with van der Waals surface area (Å²) in [6, 6.07) is 4.86. The number of aryl methyl sites for hydroxylation is 1. The Morgan fingerprint density at radius 2 is 2.21 bits per heavy atom. The SMILES string of the molecule is Cc1cccc([N+](=O)[O-])c1C(=O)N(CCCl)C1CC1. The molecule has 1 aromatic rings. The van der Waals surface area contributed by atoms with E-state index >= 15 is 0 Å². The maximum absolute atomic E-state index is 12.5. The number of rotatable bonds is 5. The van der Waals surface area contributed by atoms with Gasteiger partial charge >= 0.3 is 0 Å². The number of nitro benzene ring substituents is 1. The first-order valence-corrected chi connectivity index (χ1v) is 6.70. The van der Waals surface area contributed by atoms with E-state index in [0.29, 0.717) is 18.0 Å². The van der Waals surface area contributed by atoms with Crippen LogP contribution in [0.3, 0.4) is 0 Å². The maximum atomic E-state index is 12.5. The van der Waals surface area contributed by atoms with Crippen LogP contribution in [0.5, 0.6) is 0 Å². The number of alkyl halides is 1. The molecule has 0 radical (unpaired) electrons. The number of benzene rings is 1. The molecule has 0 aromatic heterocycles. The molecule has 1 aliphatic rings. The van der Waals surface area contributed by atoms with Crippen molar-refractivity contribution in [3.8, 4) is 0 Å². The van der Waals surface area contributed by atoms with Gasteiger partial charge in [0.2, 0.25) is 0 Å². The number of halogens is 1. The lowest BCUT2D eigenvalue weighted by Gasteiger charge is -2.22. The minimum atomic E-state index is -0.508. The van der Waals surface area contributed by atoms with Crippen molar-refractivity contribution in [2.45, 2.75) is 25.8 Å². The fourth-order valence-electron chi connectivity index (χ4n) is 2.15. The van der Waals surface area contributed by atoms with Gasteiger partial charge in [0.05, 0.1) is 4.92 Å². The average molecular weight is 283 g/mol. The first-order valence-electron chi connectivity index (χ1n) is 6.17. The van der Waals surface area contributed by atoms with Crippen LogP contribution in [0.25, 0.3) is 0 Å². The molecule has 0 heterocycles. The predicted molar refractivity (Wildman–Crippen MR) is 72.6 cm³/mol. The smallest absolute Gasteiger partial charge is 0.282 e. The molecule has 1 amide bonds. The van der Waals surface area contributed by atoms with Crippen LogP contribution in [0.4, 0.5) is 5.69 Å². The van der Waals surface area contributed by atoms with E-state index in [2.05, 4.69) is 0 Å². The molecule has 1 saturated carbocycles. The molecule has 1 aliphatic carbocycles. The van der Waals surface area contributed by atoms with Gasteiger partial charge in [0.15, 0.2) is 0 Å². The number of amides is 1. The fourth-order valence-corrected chi connectivity index (χ4v) is 2.34. The predicted octanol–water partition coefficient (Wildman–Crippen LogP) is 2.75. The lowest BCUT2D eigenvalue weighted by atomic mass is 10.1. The number of nitro groups is 1. The summed E-state index contributed by atoms with van der Waals surface area (Å²) in [5.74, 6) is 0.0509. The fraction of sp³-hybridized carbons (Fsp3) is 0.462. The highest BCUT2D eigenvalue weighted by atomic mass is 35.5. The van der Waals surface area contributed by atoms with E-state index in [1.807, 2.05) is 0 Å². The second kappa shape index (κ2) is 5.57. The summed E-state index contributed by atoms with van der Waals surface area (Å²) in [5.41, 5.74) is 0.675. The normalized spacial score (nSPS) is 14.2. The number of nitrogens with zero attached hydrogens (tertiary/aromatic N) is 2. The molecular formula is C13H15ClN2O3. The molecule has 2 rings (SSSR count). The molecule has 0 saturated heterocycles. The van der Waals surface area contributed by atoms with Crippen molar-refractivity contribution in [3.63, 3.8) is 0 Å². The van der Waals surface area contributed by atoms with Gasteiger partial charge in [0, 0.05) is 24.5 Å². The molecule has 0 atom stereocenters.